The third-order valence-corrected chi connectivity index (χ3v) is 9.97. The van der Waals surface area contributed by atoms with E-state index in [0.717, 1.165) is 19.3 Å². The minimum Gasteiger partial charge on any atom is -0.266 e. The largest absolute Gasteiger partial charge is 0.266 e. The van der Waals surface area contributed by atoms with Crippen molar-refractivity contribution in [2.45, 2.75) is 41.9 Å². The third-order valence-electron chi connectivity index (χ3n) is 5.54. The number of fused-ring (bicyclic) bond motifs is 1. The van der Waals surface area contributed by atoms with Crippen LogP contribution in [0.5, 0.6) is 0 Å². The molecule has 0 atom stereocenters. The topological polar surface area (TPSA) is 74.8 Å². The maximum atomic E-state index is 13.3. The van der Waals surface area contributed by atoms with Gasteiger partial charge in [-0.2, -0.15) is 4.31 Å². The van der Waals surface area contributed by atoms with Gasteiger partial charge in [-0.05, 0) is 67.6 Å². The number of hydrogen-bond acceptors (Lipinski definition) is 4. The van der Waals surface area contributed by atoms with Crippen molar-refractivity contribution in [3.63, 3.8) is 0 Å². The summed E-state index contributed by atoms with van der Waals surface area (Å²) in [6.07, 6.45) is 3.94. The first-order valence-corrected chi connectivity index (χ1v) is 13.5. The third kappa shape index (κ3) is 3.96. The SMILES string of the molecule is O=S(=O)(c1ccc2c(c1)CCCN2S(=O)(=O)c1cc(Cl)ccc1Cl)N1CCCCC1. The van der Waals surface area contributed by atoms with Crippen LogP contribution in [-0.4, -0.2) is 40.8 Å². The van der Waals surface area contributed by atoms with Crippen molar-refractivity contribution in [3.05, 3.63) is 52.0 Å². The summed E-state index contributed by atoms with van der Waals surface area (Å²) in [5.41, 5.74) is 1.18. The first-order chi connectivity index (χ1) is 14.2. The number of hydrogen-bond donors (Lipinski definition) is 0. The number of halogens is 2. The standard InChI is InChI=1S/C20H22Cl2N2O4S2/c21-16-6-8-18(22)20(14-16)30(27,28)24-12-4-5-15-13-17(7-9-19(15)24)29(25,26)23-10-2-1-3-11-23/h6-9,13-14H,1-5,10-12H2. The fourth-order valence-electron chi connectivity index (χ4n) is 4.00. The van der Waals surface area contributed by atoms with Crippen molar-refractivity contribution in [3.8, 4) is 0 Å². The van der Waals surface area contributed by atoms with Gasteiger partial charge in [0.25, 0.3) is 10.0 Å². The van der Waals surface area contributed by atoms with E-state index in [1.165, 1.54) is 32.9 Å². The zero-order valence-corrected chi connectivity index (χ0v) is 19.4. The molecule has 0 saturated carbocycles. The predicted octanol–water partition coefficient (Wildman–Crippen LogP) is 4.31. The maximum Gasteiger partial charge on any atom is 0.265 e. The first kappa shape index (κ1) is 21.9. The molecule has 2 aliphatic rings. The lowest BCUT2D eigenvalue weighted by atomic mass is 10.0. The molecule has 0 spiro atoms. The minimum atomic E-state index is -3.94. The van der Waals surface area contributed by atoms with E-state index in [4.69, 9.17) is 23.2 Å². The monoisotopic (exact) mass is 488 g/mol. The van der Waals surface area contributed by atoms with Gasteiger partial charge in [0.05, 0.1) is 15.6 Å². The Morgan fingerprint density at radius 1 is 0.767 bits per heavy atom. The molecule has 0 aromatic heterocycles. The Bertz CT molecular complexity index is 1180. The predicted molar refractivity (Wildman–Crippen MR) is 118 cm³/mol. The molecule has 1 saturated heterocycles. The van der Waals surface area contributed by atoms with E-state index in [2.05, 4.69) is 0 Å². The van der Waals surface area contributed by atoms with Gasteiger partial charge in [-0.1, -0.05) is 29.6 Å². The molecule has 10 heteroatoms. The van der Waals surface area contributed by atoms with Crippen LogP contribution in [0.15, 0.2) is 46.2 Å². The molecule has 0 bridgehead atoms. The van der Waals surface area contributed by atoms with Crippen molar-refractivity contribution in [2.24, 2.45) is 0 Å². The van der Waals surface area contributed by atoms with Crippen LogP contribution < -0.4 is 4.31 Å². The van der Waals surface area contributed by atoms with Crippen LogP contribution in [0.3, 0.4) is 0 Å². The normalized spacial score (nSPS) is 18.3. The van der Waals surface area contributed by atoms with E-state index in [9.17, 15) is 16.8 Å². The smallest absolute Gasteiger partial charge is 0.265 e. The molecule has 162 valence electrons. The molecule has 0 aliphatic carbocycles. The quantitative estimate of drug-likeness (QED) is 0.642. The molecule has 4 rings (SSSR count). The second-order valence-corrected chi connectivity index (χ2v) is 12.1. The van der Waals surface area contributed by atoms with Gasteiger partial charge in [0, 0.05) is 24.7 Å². The average Bonchev–Trinajstić information content (AvgIpc) is 2.75. The Hall–Kier alpha value is -1.32. The van der Waals surface area contributed by atoms with Crippen LogP contribution in [0.2, 0.25) is 10.0 Å². The Morgan fingerprint density at radius 3 is 2.23 bits per heavy atom. The second kappa shape index (κ2) is 8.31. The molecule has 30 heavy (non-hydrogen) atoms. The molecule has 0 N–H and O–H groups in total. The lowest BCUT2D eigenvalue weighted by Crippen LogP contribution is -2.37. The first-order valence-electron chi connectivity index (χ1n) is 9.82. The van der Waals surface area contributed by atoms with Gasteiger partial charge in [0.1, 0.15) is 4.90 Å². The van der Waals surface area contributed by atoms with Crippen molar-refractivity contribution >= 4 is 48.9 Å². The van der Waals surface area contributed by atoms with E-state index in [1.807, 2.05) is 0 Å². The van der Waals surface area contributed by atoms with Gasteiger partial charge >= 0.3 is 0 Å². The second-order valence-electron chi connectivity index (χ2n) is 7.51. The fourth-order valence-corrected chi connectivity index (χ4v) is 7.85. The zero-order valence-electron chi connectivity index (χ0n) is 16.2. The van der Waals surface area contributed by atoms with Gasteiger partial charge in [-0.25, -0.2) is 16.8 Å². The zero-order chi connectivity index (χ0) is 21.5. The van der Waals surface area contributed by atoms with E-state index in [0.29, 0.717) is 37.2 Å². The number of aryl methyl sites for hydroxylation is 1. The number of benzene rings is 2. The maximum absolute atomic E-state index is 13.3. The van der Waals surface area contributed by atoms with Crippen molar-refractivity contribution in [2.75, 3.05) is 23.9 Å². The summed E-state index contributed by atoms with van der Waals surface area (Å²) in [6.45, 7) is 1.33. The van der Waals surface area contributed by atoms with Crippen molar-refractivity contribution in [1.82, 2.24) is 4.31 Å². The van der Waals surface area contributed by atoms with E-state index in [-0.39, 0.29) is 26.4 Å². The summed E-state index contributed by atoms with van der Waals surface area (Å²) >= 11 is 12.1. The lowest BCUT2D eigenvalue weighted by molar-refractivity contribution is 0.346. The molecule has 2 aliphatic heterocycles. The molecule has 0 radical (unpaired) electrons. The summed E-state index contributed by atoms with van der Waals surface area (Å²) in [5.74, 6) is 0. The van der Waals surface area contributed by atoms with Gasteiger partial charge in [-0.15, -0.1) is 0 Å². The van der Waals surface area contributed by atoms with Crippen LogP contribution in [0, 0.1) is 0 Å². The highest BCUT2D eigenvalue weighted by atomic mass is 35.5. The number of nitrogens with zero attached hydrogens (tertiary/aromatic N) is 2. The van der Waals surface area contributed by atoms with Crippen LogP contribution in [0.25, 0.3) is 0 Å². The Balaban J connectivity index is 1.73. The number of anilines is 1. The lowest BCUT2D eigenvalue weighted by Gasteiger charge is -2.32. The van der Waals surface area contributed by atoms with E-state index >= 15 is 0 Å². The van der Waals surface area contributed by atoms with Crippen LogP contribution in [0.1, 0.15) is 31.2 Å². The summed E-state index contributed by atoms with van der Waals surface area (Å²) in [7, 11) is -7.53. The van der Waals surface area contributed by atoms with Crippen LogP contribution in [-0.2, 0) is 26.5 Å². The minimum absolute atomic E-state index is 0.0606. The molecular formula is C20H22Cl2N2O4S2. The van der Waals surface area contributed by atoms with Gasteiger partial charge in [0.2, 0.25) is 10.0 Å². The Labute approximate surface area is 187 Å². The molecule has 2 heterocycles. The molecule has 2 aromatic carbocycles. The summed E-state index contributed by atoms with van der Waals surface area (Å²) in [6, 6.07) is 9.02. The van der Waals surface area contributed by atoms with Crippen molar-refractivity contribution in [1.29, 1.82) is 0 Å². The van der Waals surface area contributed by atoms with E-state index < -0.39 is 20.0 Å². The molecule has 0 amide bonds. The van der Waals surface area contributed by atoms with Crippen molar-refractivity contribution < 1.29 is 16.8 Å². The molecule has 1 fully saturated rings. The highest BCUT2D eigenvalue weighted by molar-refractivity contribution is 7.93. The van der Waals surface area contributed by atoms with Gasteiger partial charge in [0.15, 0.2) is 0 Å². The number of piperidine rings is 1. The average molecular weight is 489 g/mol. The Kier molecular flexibility index (Phi) is 6.07. The van der Waals surface area contributed by atoms with Gasteiger partial charge in [-0.3, -0.25) is 4.31 Å². The number of sulfonamides is 2. The van der Waals surface area contributed by atoms with Crippen LogP contribution in [0.4, 0.5) is 5.69 Å². The summed E-state index contributed by atoms with van der Waals surface area (Å²) in [5, 5.41) is 0.369. The molecule has 2 aromatic rings. The molecular weight excluding hydrogens is 467 g/mol. The fraction of sp³-hybridized carbons (Fsp3) is 0.400. The molecule has 0 unspecified atom stereocenters. The number of rotatable bonds is 4. The summed E-state index contributed by atoms with van der Waals surface area (Å²) < 4.78 is 55.5. The highest BCUT2D eigenvalue weighted by Gasteiger charge is 2.33. The Morgan fingerprint density at radius 2 is 1.50 bits per heavy atom. The van der Waals surface area contributed by atoms with E-state index in [1.54, 1.807) is 12.1 Å². The molecule has 6 nitrogen and oxygen atoms in total. The highest BCUT2D eigenvalue weighted by Crippen LogP contribution is 2.36. The van der Waals surface area contributed by atoms with Gasteiger partial charge < -0.3 is 0 Å². The van der Waals surface area contributed by atoms with Crippen LogP contribution >= 0.6 is 23.2 Å². The summed E-state index contributed by atoms with van der Waals surface area (Å²) in [4.78, 5) is 0.151.